The van der Waals surface area contributed by atoms with Crippen LogP contribution < -0.4 is 10.1 Å². The molecule has 0 aromatic heterocycles. The number of hydrogen-bond acceptors (Lipinski definition) is 4. The fourth-order valence-corrected chi connectivity index (χ4v) is 1.45. The zero-order chi connectivity index (χ0) is 13.9. The molecule has 19 heavy (non-hydrogen) atoms. The molecule has 4 nitrogen and oxygen atoms in total. The number of hydrogen-bond donors (Lipinski definition) is 1. The Morgan fingerprint density at radius 1 is 1.32 bits per heavy atom. The van der Waals surface area contributed by atoms with E-state index in [9.17, 15) is 4.79 Å². The lowest BCUT2D eigenvalue weighted by atomic mass is 10.3. The normalized spacial score (nSPS) is 9.95. The van der Waals surface area contributed by atoms with Crippen molar-refractivity contribution in [2.75, 3.05) is 26.3 Å². The summed E-state index contributed by atoms with van der Waals surface area (Å²) in [5.41, 5.74) is 0.450. The van der Waals surface area contributed by atoms with Crippen molar-refractivity contribution in [2.45, 2.75) is 13.3 Å². The van der Waals surface area contributed by atoms with Gasteiger partial charge in [-0.25, -0.2) is 4.79 Å². The van der Waals surface area contributed by atoms with Gasteiger partial charge in [0.2, 0.25) is 0 Å². The topological polar surface area (TPSA) is 47.6 Å². The fourth-order valence-electron chi connectivity index (χ4n) is 1.45. The second kappa shape index (κ2) is 9.16. The van der Waals surface area contributed by atoms with Gasteiger partial charge >= 0.3 is 5.97 Å². The molecule has 0 atom stereocenters. The Labute approximate surface area is 114 Å². The van der Waals surface area contributed by atoms with Gasteiger partial charge in [-0.15, -0.1) is 0 Å². The average molecular weight is 263 g/mol. The zero-order valence-corrected chi connectivity index (χ0v) is 11.4. The first kappa shape index (κ1) is 15.2. The van der Waals surface area contributed by atoms with Crippen molar-refractivity contribution in [3.8, 4) is 5.75 Å². The Hall–Kier alpha value is -1.81. The number of rotatable bonds is 9. The first-order chi connectivity index (χ1) is 9.24. The summed E-state index contributed by atoms with van der Waals surface area (Å²) in [5, 5.41) is 3.13. The predicted octanol–water partition coefficient (Wildman–Crippen LogP) is 2.16. The maximum absolute atomic E-state index is 11.3. The van der Waals surface area contributed by atoms with Crippen LogP contribution in [0.1, 0.15) is 13.3 Å². The predicted molar refractivity (Wildman–Crippen MR) is 75.2 cm³/mol. The van der Waals surface area contributed by atoms with Crippen LogP contribution in [0.15, 0.2) is 42.5 Å². The van der Waals surface area contributed by atoms with Crippen LogP contribution in [-0.2, 0) is 9.53 Å². The minimum Gasteiger partial charge on any atom is -0.494 e. The van der Waals surface area contributed by atoms with E-state index >= 15 is 0 Å². The highest BCUT2D eigenvalue weighted by atomic mass is 16.5. The van der Waals surface area contributed by atoms with E-state index in [-0.39, 0.29) is 5.97 Å². The molecule has 1 aromatic carbocycles. The maximum atomic E-state index is 11.3. The molecule has 0 fully saturated rings. The maximum Gasteiger partial charge on any atom is 0.334 e. The number of carbonyl (C=O) groups excluding carboxylic acids is 1. The van der Waals surface area contributed by atoms with Crippen LogP contribution in [0.4, 0.5) is 0 Å². The first-order valence-corrected chi connectivity index (χ1v) is 6.47. The highest BCUT2D eigenvalue weighted by molar-refractivity contribution is 5.88. The minimum absolute atomic E-state index is 0.337. The summed E-state index contributed by atoms with van der Waals surface area (Å²) in [4.78, 5) is 11.3. The third-order valence-corrected chi connectivity index (χ3v) is 2.41. The molecule has 0 heterocycles. The Kier molecular flexibility index (Phi) is 7.35. The van der Waals surface area contributed by atoms with Crippen molar-refractivity contribution in [1.29, 1.82) is 0 Å². The van der Waals surface area contributed by atoms with Crippen molar-refractivity contribution in [3.63, 3.8) is 0 Å². The summed E-state index contributed by atoms with van der Waals surface area (Å²) in [6.07, 6.45) is 0.866. The van der Waals surface area contributed by atoms with Crippen LogP contribution in [0.3, 0.4) is 0 Å². The molecule has 0 unspecified atom stereocenters. The van der Waals surface area contributed by atoms with Gasteiger partial charge in [-0.1, -0.05) is 24.8 Å². The number of benzene rings is 1. The summed E-state index contributed by atoms with van der Waals surface area (Å²) in [6.45, 7) is 7.68. The smallest absolute Gasteiger partial charge is 0.334 e. The first-order valence-electron chi connectivity index (χ1n) is 6.47. The van der Waals surface area contributed by atoms with Gasteiger partial charge in [0.05, 0.1) is 13.2 Å². The van der Waals surface area contributed by atoms with Crippen molar-refractivity contribution in [2.24, 2.45) is 0 Å². The Morgan fingerprint density at radius 2 is 2.05 bits per heavy atom. The van der Waals surface area contributed by atoms with Crippen LogP contribution in [0, 0.1) is 0 Å². The minimum atomic E-state index is -0.337. The number of para-hydroxylation sites is 1. The molecule has 1 aromatic rings. The quantitative estimate of drug-likeness (QED) is 0.421. The molecule has 0 aliphatic carbocycles. The number of esters is 1. The van der Waals surface area contributed by atoms with E-state index in [1.54, 1.807) is 6.92 Å². The molecule has 0 saturated carbocycles. The van der Waals surface area contributed by atoms with Gasteiger partial charge in [-0.05, 0) is 32.0 Å². The third-order valence-electron chi connectivity index (χ3n) is 2.41. The van der Waals surface area contributed by atoms with Crippen molar-refractivity contribution < 1.29 is 14.3 Å². The molecule has 0 aliphatic heterocycles. The largest absolute Gasteiger partial charge is 0.494 e. The average Bonchev–Trinajstić information content (AvgIpc) is 2.43. The standard InChI is InChI=1S/C15H21NO3/c1-3-18-15(17)13(2)12-16-10-7-11-19-14-8-5-4-6-9-14/h4-6,8-9,16H,2-3,7,10-12H2,1H3. The fraction of sp³-hybridized carbons (Fsp3) is 0.400. The van der Waals surface area contributed by atoms with Gasteiger partial charge in [0.25, 0.3) is 0 Å². The second-order valence-electron chi connectivity index (χ2n) is 4.02. The molecule has 104 valence electrons. The molecule has 4 heteroatoms. The van der Waals surface area contributed by atoms with Gasteiger partial charge in [0.1, 0.15) is 5.75 Å². The van der Waals surface area contributed by atoms with Gasteiger partial charge in [0.15, 0.2) is 0 Å². The number of nitrogens with one attached hydrogen (secondary N) is 1. The van der Waals surface area contributed by atoms with Gasteiger partial charge in [-0.3, -0.25) is 0 Å². The highest BCUT2D eigenvalue weighted by Gasteiger charge is 2.06. The molecular weight excluding hydrogens is 242 g/mol. The van der Waals surface area contributed by atoms with Crippen LogP contribution in [0.25, 0.3) is 0 Å². The zero-order valence-electron chi connectivity index (χ0n) is 11.4. The Bertz CT molecular complexity index is 390. The van der Waals surface area contributed by atoms with E-state index in [0.29, 0.717) is 25.3 Å². The lowest BCUT2D eigenvalue weighted by Crippen LogP contribution is -2.23. The number of ether oxygens (including phenoxy) is 2. The summed E-state index contributed by atoms with van der Waals surface area (Å²) in [7, 11) is 0. The van der Waals surface area contributed by atoms with Crippen LogP contribution in [0.2, 0.25) is 0 Å². The van der Waals surface area contributed by atoms with E-state index in [0.717, 1.165) is 18.7 Å². The second-order valence-corrected chi connectivity index (χ2v) is 4.02. The number of carbonyl (C=O) groups is 1. The summed E-state index contributed by atoms with van der Waals surface area (Å²) >= 11 is 0. The molecule has 0 aliphatic rings. The Morgan fingerprint density at radius 3 is 2.74 bits per heavy atom. The van der Waals surface area contributed by atoms with E-state index in [1.807, 2.05) is 30.3 Å². The third kappa shape index (κ3) is 6.62. The van der Waals surface area contributed by atoms with E-state index in [4.69, 9.17) is 9.47 Å². The monoisotopic (exact) mass is 263 g/mol. The lowest BCUT2D eigenvalue weighted by molar-refractivity contribution is -0.138. The highest BCUT2D eigenvalue weighted by Crippen LogP contribution is 2.07. The van der Waals surface area contributed by atoms with E-state index in [1.165, 1.54) is 0 Å². The van der Waals surface area contributed by atoms with Crippen LogP contribution >= 0.6 is 0 Å². The van der Waals surface area contributed by atoms with Gasteiger partial charge in [0, 0.05) is 12.1 Å². The molecule has 0 saturated heterocycles. The summed E-state index contributed by atoms with van der Waals surface area (Å²) in [5.74, 6) is 0.536. The van der Waals surface area contributed by atoms with E-state index < -0.39 is 0 Å². The van der Waals surface area contributed by atoms with Crippen LogP contribution in [-0.4, -0.2) is 32.3 Å². The molecule has 1 N–H and O–H groups in total. The molecule has 0 bridgehead atoms. The van der Waals surface area contributed by atoms with Crippen LogP contribution in [0.5, 0.6) is 5.75 Å². The van der Waals surface area contributed by atoms with E-state index in [2.05, 4.69) is 11.9 Å². The van der Waals surface area contributed by atoms with Crippen molar-refractivity contribution in [3.05, 3.63) is 42.5 Å². The molecule has 0 amide bonds. The summed E-state index contributed by atoms with van der Waals surface area (Å²) in [6, 6.07) is 9.69. The summed E-state index contributed by atoms with van der Waals surface area (Å²) < 4.78 is 10.4. The molecular formula is C15H21NO3. The SMILES string of the molecule is C=C(CNCCCOc1ccccc1)C(=O)OCC. The molecule has 0 radical (unpaired) electrons. The molecule has 0 spiro atoms. The van der Waals surface area contributed by atoms with Crippen molar-refractivity contribution in [1.82, 2.24) is 5.32 Å². The van der Waals surface area contributed by atoms with Crippen molar-refractivity contribution >= 4 is 5.97 Å². The van der Waals surface area contributed by atoms with Gasteiger partial charge in [-0.2, -0.15) is 0 Å². The Balaban J connectivity index is 2.02. The van der Waals surface area contributed by atoms with Gasteiger partial charge < -0.3 is 14.8 Å². The molecule has 1 rings (SSSR count). The lowest BCUT2D eigenvalue weighted by Gasteiger charge is -2.08.